The molecular weight excluding hydrogens is 164 g/mol. The molecule has 0 unspecified atom stereocenters. The Labute approximate surface area is 76.1 Å². The van der Waals surface area contributed by atoms with Crippen LogP contribution in [0.4, 0.5) is 0 Å². The van der Waals surface area contributed by atoms with Gasteiger partial charge in [0.05, 0.1) is 11.7 Å². The Morgan fingerprint density at radius 2 is 2.23 bits per heavy atom. The van der Waals surface area contributed by atoms with Crippen molar-refractivity contribution in [3.63, 3.8) is 0 Å². The molecule has 0 saturated heterocycles. The molecule has 0 amide bonds. The molecular formula is C9H12N4. The van der Waals surface area contributed by atoms with Gasteiger partial charge >= 0.3 is 0 Å². The zero-order valence-electron chi connectivity index (χ0n) is 7.27. The van der Waals surface area contributed by atoms with Crippen molar-refractivity contribution in [1.82, 2.24) is 9.89 Å². The zero-order chi connectivity index (χ0) is 9.26. The van der Waals surface area contributed by atoms with Crippen molar-refractivity contribution >= 4 is 10.9 Å². The fourth-order valence-electron chi connectivity index (χ4n) is 1.42. The lowest BCUT2D eigenvalue weighted by molar-refractivity contribution is 0.862. The van der Waals surface area contributed by atoms with Gasteiger partial charge in [-0.25, -0.2) is 0 Å². The molecule has 0 saturated carbocycles. The summed E-state index contributed by atoms with van der Waals surface area (Å²) in [4.78, 5) is 1.38. The zero-order valence-corrected chi connectivity index (χ0v) is 7.27. The van der Waals surface area contributed by atoms with Crippen molar-refractivity contribution in [2.24, 2.45) is 5.73 Å². The number of hydrogen-bond acceptors (Lipinski definition) is 3. The number of rotatable bonds is 2. The first kappa shape index (κ1) is 8.07. The van der Waals surface area contributed by atoms with Crippen LogP contribution in [0, 0.1) is 0 Å². The molecule has 0 radical (unpaired) electrons. The lowest BCUT2D eigenvalue weighted by Gasteiger charge is -1.98. The molecule has 0 fully saturated rings. The number of hydrogen-bond donors (Lipinski definition) is 2. The van der Waals surface area contributed by atoms with Gasteiger partial charge in [-0.15, -0.1) is 0 Å². The van der Waals surface area contributed by atoms with Crippen molar-refractivity contribution in [2.75, 3.05) is 12.4 Å². The first-order valence-corrected chi connectivity index (χ1v) is 4.23. The fraction of sp³-hybridized carbons (Fsp3) is 0.222. The Kier molecular flexibility index (Phi) is 1.90. The van der Waals surface area contributed by atoms with Crippen LogP contribution in [0.15, 0.2) is 24.4 Å². The number of fused-ring (bicyclic) bond motifs is 1. The SMILES string of the molecule is NCCc1ccc2c(cnn2N)c1. The molecule has 1 aromatic carbocycles. The van der Waals surface area contributed by atoms with Crippen LogP contribution in [0.1, 0.15) is 5.56 Å². The van der Waals surface area contributed by atoms with Crippen molar-refractivity contribution in [3.05, 3.63) is 30.0 Å². The second-order valence-electron chi connectivity index (χ2n) is 3.02. The molecule has 0 atom stereocenters. The summed E-state index contributed by atoms with van der Waals surface area (Å²) in [6, 6.07) is 6.06. The van der Waals surface area contributed by atoms with Gasteiger partial charge in [0.25, 0.3) is 0 Å². The Morgan fingerprint density at radius 3 is 3.00 bits per heavy atom. The number of nitrogens with two attached hydrogens (primary N) is 2. The van der Waals surface area contributed by atoms with E-state index in [1.54, 1.807) is 6.20 Å². The van der Waals surface area contributed by atoms with Gasteiger partial charge < -0.3 is 11.6 Å². The van der Waals surface area contributed by atoms with Crippen LogP contribution in [0.5, 0.6) is 0 Å². The summed E-state index contributed by atoms with van der Waals surface area (Å²) < 4.78 is 0. The summed E-state index contributed by atoms with van der Waals surface area (Å²) in [7, 11) is 0. The molecule has 4 nitrogen and oxygen atoms in total. The highest BCUT2D eigenvalue weighted by atomic mass is 15.5. The van der Waals surface area contributed by atoms with Crippen molar-refractivity contribution < 1.29 is 0 Å². The van der Waals surface area contributed by atoms with E-state index in [9.17, 15) is 0 Å². The summed E-state index contributed by atoms with van der Waals surface area (Å²) in [6.07, 6.45) is 2.65. The lowest BCUT2D eigenvalue weighted by Crippen LogP contribution is -2.09. The summed E-state index contributed by atoms with van der Waals surface area (Å²) in [5, 5.41) is 5.02. The molecule has 2 aromatic rings. The van der Waals surface area contributed by atoms with Crippen LogP contribution >= 0.6 is 0 Å². The molecule has 0 aliphatic heterocycles. The van der Waals surface area contributed by atoms with E-state index in [4.69, 9.17) is 11.6 Å². The van der Waals surface area contributed by atoms with E-state index in [-0.39, 0.29) is 0 Å². The highest BCUT2D eigenvalue weighted by Gasteiger charge is 2.00. The van der Waals surface area contributed by atoms with E-state index in [0.717, 1.165) is 17.3 Å². The molecule has 68 valence electrons. The van der Waals surface area contributed by atoms with Crippen molar-refractivity contribution in [2.45, 2.75) is 6.42 Å². The molecule has 0 spiro atoms. The molecule has 0 bridgehead atoms. The molecule has 13 heavy (non-hydrogen) atoms. The van der Waals surface area contributed by atoms with Crippen molar-refractivity contribution in [3.8, 4) is 0 Å². The van der Waals surface area contributed by atoms with Crippen LogP contribution in [0.3, 0.4) is 0 Å². The standard InChI is InChI=1S/C9H12N4/c10-4-3-7-1-2-9-8(5-7)6-12-13(9)11/h1-2,5-6H,3-4,10-11H2. The van der Waals surface area contributed by atoms with Gasteiger partial charge in [-0.05, 0) is 30.7 Å². The quantitative estimate of drug-likeness (QED) is 0.644. The van der Waals surface area contributed by atoms with Crippen LogP contribution in [0.2, 0.25) is 0 Å². The van der Waals surface area contributed by atoms with E-state index >= 15 is 0 Å². The average molecular weight is 176 g/mol. The van der Waals surface area contributed by atoms with Crippen LogP contribution < -0.4 is 11.6 Å². The summed E-state index contributed by atoms with van der Waals surface area (Å²) >= 11 is 0. The van der Waals surface area contributed by atoms with Crippen LogP contribution in [0.25, 0.3) is 10.9 Å². The Bertz CT molecular complexity index is 418. The van der Waals surface area contributed by atoms with Gasteiger partial charge in [-0.3, -0.25) is 0 Å². The summed E-state index contributed by atoms with van der Waals surface area (Å²) in [5.74, 6) is 5.58. The second-order valence-corrected chi connectivity index (χ2v) is 3.02. The van der Waals surface area contributed by atoms with Crippen molar-refractivity contribution in [1.29, 1.82) is 0 Å². The van der Waals surface area contributed by atoms with Gasteiger partial charge in [0.1, 0.15) is 0 Å². The first-order valence-electron chi connectivity index (χ1n) is 4.23. The lowest BCUT2D eigenvalue weighted by atomic mass is 10.1. The Hall–Kier alpha value is -1.55. The number of benzene rings is 1. The number of aromatic nitrogens is 2. The summed E-state index contributed by atoms with van der Waals surface area (Å²) in [6.45, 7) is 0.669. The third-order valence-electron chi connectivity index (χ3n) is 2.09. The number of nitrogens with zero attached hydrogens (tertiary/aromatic N) is 2. The minimum absolute atomic E-state index is 0.669. The minimum Gasteiger partial charge on any atom is -0.330 e. The fourth-order valence-corrected chi connectivity index (χ4v) is 1.42. The van der Waals surface area contributed by atoms with Gasteiger partial charge in [-0.1, -0.05) is 6.07 Å². The monoisotopic (exact) mass is 176 g/mol. The smallest absolute Gasteiger partial charge is 0.0916 e. The van der Waals surface area contributed by atoms with Crippen LogP contribution in [-0.2, 0) is 6.42 Å². The maximum absolute atomic E-state index is 5.58. The van der Waals surface area contributed by atoms with Gasteiger partial charge in [0.15, 0.2) is 0 Å². The predicted octanol–water partition coefficient (Wildman–Crippen LogP) is 0.251. The van der Waals surface area contributed by atoms with Crippen LogP contribution in [-0.4, -0.2) is 16.4 Å². The predicted molar refractivity (Wildman–Crippen MR) is 52.6 cm³/mol. The third-order valence-corrected chi connectivity index (χ3v) is 2.09. The number of nitrogen functional groups attached to an aromatic ring is 1. The van der Waals surface area contributed by atoms with Gasteiger partial charge in [0.2, 0.25) is 0 Å². The molecule has 4 heteroatoms. The maximum Gasteiger partial charge on any atom is 0.0916 e. The molecule has 1 aromatic heterocycles. The topological polar surface area (TPSA) is 69.9 Å². The van der Waals surface area contributed by atoms with E-state index in [1.165, 1.54) is 10.4 Å². The minimum atomic E-state index is 0.669. The molecule has 4 N–H and O–H groups in total. The normalized spacial score (nSPS) is 10.8. The average Bonchev–Trinajstić information content (AvgIpc) is 2.48. The van der Waals surface area contributed by atoms with E-state index in [2.05, 4.69) is 11.2 Å². The van der Waals surface area contributed by atoms with E-state index in [1.807, 2.05) is 12.1 Å². The van der Waals surface area contributed by atoms with Gasteiger partial charge in [-0.2, -0.15) is 9.89 Å². The van der Waals surface area contributed by atoms with E-state index < -0.39 is 0 Å². The Balaban J connectivity index is 2.50. The third kappa shape index (κ3) is 1.36. The summed E-state index contributed by atoms with van der Waals surface area (Å²) in [5.41, 5.74) is 7.63. The second kappa shape index (κ2) is 3.06. The molecule has 0 aliphatic rings. The van der Waals surface area contributed by atoms with E-state index in [0.29, 0.717) is 6.54 Å². The maximum atomic E-state index is 5.58. The Morgan fingerprint density at radius 1 is 1.38 bits per heavy atom. The highest BCUT2D eigenvalue weighted by Crippen LogP contribution is 2.13. The highest BCUT2D eigenvalue weighted by molar-refractivity contribution is 5.79. The largest absolute Gasteiger partial charge is 0.330 e. The first-order chi connectivity index (χ1) is 6.31. The molecule has 0 aliphatic carbocycles. The van der Waals surface area contributed by atoms with Gasteiger partial charge in [0, 0.05) is 5.39 Å². The molecule has 2 rings (SSSR count). The molecule has 1 heterocycles.